The Bertz CT molecular complexity index is 1260. The van der Waals surface area contributed by atoms with E-state index in [0.29, 0.717) is 34.7 Å². The number of thiazole rings is 1. The van der Waals surface area contributed by atoms with E-state index in [1.165, 1.54) is 18.7 Å². The predicted molar refractivity (Wildman–Crippen MR) is 128 cm³/mol. The number of rotatable bonds is 9. The SMILES string of the molecule is CCOc1ccc(-c2nc(CSc3nnnn3-c3cccc(NC(C)=O)c3)cs2)cc1OC. The van der Waals surface area contributed by atoms with Crippen molar-refractivity contribution in [1.29, 1.82) is 0 Å². The number of carbonyl (C=O) groups excluding carboxylic acids is 1. The monoisotopic (exact) mass is 482 g/mol. The molecule has 0 aliphatic carbocycles. The van der Waals surface area contributed by atoms with E-state index in [1.54, 1.807) is 23.1 Å². The fraction of sp³-hybridized carbons (Fsp3) is 0.227. The van der Waals surface area contributed by atoms with Gasteiger partial charge >= 0.3 is 0 Å². The highest BCUT2D eigenvalue weighted by atomic mass is 32.2. The van der Waals surface area contributed by atoms with E-state index in [0.717, 1.165) is 22.0 Å². The first-order chi connectivity index (χ1) is 16.1. The van der Waals surface area contributed by atoms with Gasteiger partial charge in [0.1, 0.15) is 5.01 Å². The quantitative estimate of drug-likeness (QED) is 0.349. The fourth-order valence-electron chi connectivity index (χ4n) is 3.07. The molecule has 4 aromatic rings. The van der Waals surface area contributed by atoms with Crippen LogP contribution in [0.4, 0.5) is 5.69 Å². The Hall–Kier alpha value is -3.44. The summed E-state index contributed by atoms with van der Waals surface area (Å²) >= 11 is 3.05. The average Bonchev–Trinajstić information content (AvgIpc) is 3.47. The number of nitrogens with one attached hydrogen (secondary N) is 1. The summed E-state index contributed by atoms with van der Waals surface area (Å²) in [6, 6.07) is 13.2. The Balaban J connectivity index is 1.47. The molecule has 170 valence electrons. The molecule has 2 heterocycles. The van der Waals surface area contributed by atoms with Gasteiger partial charge in [-0.2, -0.15) is 4.68 Å². The van der Waals surface area contributed by atoms with Crippen LogP contribution >= 0.6 is 23.1 Å². The van der Waals surface area contributed by atoms with E-state index in [2.05, 4.69) is 20.8 Å². The van der Waals surface area contributed by atoms with E-state index in [4.69, 9.17) is 14.5 Å². The van der Waals surface area contributed by atoms with E-state index >= 15 is 0 Å². The van der Waals surface area contributed by atoms with E-state index in [1.807, 2.05) is 54.8 Å². The maximum Gasteiger partial charge on any atom is 0.221 e. The largest absolute Gasteiger partial charge is 0.493 e. The lowest BCUT2D eigenvalue weighted by Crippen LogP contribution is -2.07. The molecule has 0 fully saturated rings. The number of anilines is 1. The molecule has 0 bridgehead atoms. The molecule has 1 N–H and O–H groups in total. The van der Waals surface area contributed by atoms with Crippen molar-refractivity contribution < 1.29 is 14.3 Å². The van der Waals surface area contributed by atoms with Gasteiger partial charge in [0.2, 0.25) is 11.1 Å². The minimum Gasteiger partial charge on any atom is -0.493 e. The van der Waals surface area contributed by atoms with Crippen molar-refractivity contribution in [3.63, 3.8) is 0 Å². The Labute approximate surface area is 199 Å². The first kappa shape index (κ1) is 22.7. The number of benzene rings is 2. The summed E-state index contributed by atoms with van der Waals surface area (Å²) in [5.41, 5.74) is 3.33. The summed E-state index contributed by atoms with van der Waals surface area (Å²) in [7, 11) is 1.63. The van der Waals surface area contributed by atoms with Crippen molar-refractivity contribution in [2.24, 2.45) is 0 Å². The molecule has 2 aromatic heterocycles. The normalized spacial score (nSPS) is 10.8. The maximum atomic E-state index is 11.3. The molecule has 0 saturated heterocycles. The van der Waals surface area contributed by atoms with Crippen molar-refractivity contribution in [3.05, 3.63) is 53.5 Å². The standard InChI is InChI=1S/C22H22N6O3S2/c1-4-31-19-9-8-15(10-20(19)30-3)21-24-17(12-32-21)13-33-22-25-26-27-28(22)18-7-5-6-16(11-18)23-14(2)29/h5-12H,4,13H2,1-3H3,(H,23,29). The molecule has 0 atom stereocenters. The molecule has 0 radical (unpaired) electrons. The molecule has 1 amide bonds. The summed E-state index contributed by atoms with van der Waals surface area (Å²) < 4.78 is 12.7. The van der Waals surface area contributed by atoms with Gasteiger partial charge in [0.05, 0.1) is 25.1 Å². The topological polar surface area (TPSA) is 104 Å². The smallest absolute Gasteiger partial charge is 0.221 e. The number of carbonyl (C=O) groups is 1. The van der Waals surface area contributed by atoms with Gasteiger partial charge in [-0.3, -0.25) is 4.79 Å². The highest BCUT2D eigenvalue weighted by Crippen LogP contribution is 2.34. The van der Waals surface area contributed by atoms with Gasteiger partial charge in [0.15, 0.2) is 11.5 Å². The van der Waals surface area contributed by atoms with Gasteiger partial charge in [-0.05, 0) is 53.7 Å². The molecule has 0 saturated carbocycles. The Morgan fingerprint density at radius 2 is 2.09 bits per heavy atom. The maximum absolute atomic E-state index is 11.3. The van der Waals surface area contributed by atoms with Gasteiger partial charge in [0.25, 0.3) is 0 Å². The van der Waals surface area contributed by atoms with Crippen LogP contribution in [0.15, 0.2) is 53.0 Å². The molecule has 4 rings (SSSR count). The molecule has 2 aromatic carbocycles. The molecular weight excluding hydrogens is 460 g/mol. The molecule has 0 aliphatic rings. The molecule has 0 unspecified atom stereocenters. The van der Waals surface area contributed by atoms with Crippen molar-refractivity contribution in [1.82, 2.24) is 25.2 Å². The summed E-state index contributed by atoms with van der Waals surface area (Å²) in [6.45, 7) is 3.98. The van der Waals surface area contributed by atoms with Gasteiger partial charge in [-0.1, -0.05) is 17.8 Å². The minimum absolute atomic E-state index is 0.136. The third-order valence-corrected chi connectivity index (χ3v) is 6.36. The van der Waals surface area contributed by atoms with Crippen molar-refractivity contribution in [2.75, 3.05) is 19.0 Å². The number of hydrogen-bond donors (Lipinski definition) is 1. The van der Waals surface area contributed by atoms with Crippen LogP contribution in [-0.2, 0) is 10.5 Å². The zero-order chi connectivity index (χ0) is 23.2. The minimum atomic E-state index is -0.136. The number of methoxy groups -OCH3 is 1. The average molecular weight is 483 g/mol. The lowest BCUT2D eigenvalue weighted by molar-refractivity contribution is -0.114. The second-order valence-electron chi connectivity index (χ2n) is 6.84. The molecule has 0 spiro atoms. The van der Waals surface area contributed by atoms with Crippen LogP contribution in [0.3, 0.4) is 0 Å². The Kier molecular flexibility index (Phi) is 7.20. The number of nitrogens with zero attached hydrogens (tertiary/aromatic N) is 5. The van der Waals surface area contributed by atoms with Crippen LogP contribution in [0.2, 0.25) is 0 Å². The van der Waals surface area contributed by atoms with Crippen molar-refractivity contribution >= 4 is 34.7 Å². The summed E-state index contributed by atoms with van der Waals surface area (Å²) in [6.07, 6.45) is 0. The molecule has 33 heavy (non-hydrogen) atoms. The van der Waals surface area contributed by atoms with Gasteiger partial charge in [-0.15, -0.1) is 16.4 Å². The highest BCUT2D eigenvalue weighted by Gasteiger charge is 2.13. The van der Waals surface area contributed by atoms with E-state index in [-0.39, 0.29) is 5.91 Å². The van der Waals surface area contributed by atoms with Crippen LogP contribution in [-0.4, -0.2) is 44.8 Å². The first-order valence-corrected chi connectivity index (χ1v) is 12.0. The summed E-state index contributed by atoms with van der Waals surface area (Å²) in [5, 5.41) is 18.4. The number of hydrogen-bond acceptors (Lipinski definition) is 9. The number of amides is 1. The molecule has 11 heteroatoms. The Morgan fingerprint density at radius 3 is 2.88 bits per heavy atom. The van der Waals surface area contributed by atoms with E-state index < -0.39 is 0 Å². The van der Waals surface area contributed by atoms with Crippen molar-refractivity contribution in [2.45, 2.75) is 24.8 Å². The van der Waals surface area contributed by atoms with Gasteiger partial charge < -0.3 is 14.8 Å². The van der Waals surface area contributed by atoms with E-state index in [9.17, 15) is 4.79 Å². The molecule has 0 aliphatic heterocycles. The van der Waals surface area contributed by atoms with Crippen molar-refractivity contribution in [3.8, 4) is 27.8 Å². The van der Waals surface area contributed by atoms with Gasteiger partial charge in [0, 0.05) is 29.3 Å². The van der Waals surface area contributed by atoms with Gasteiger partial charge in [-0.25, -0.2) is 4.98 Å². The number of aromatic nitrogens is 5. The van der Waals surface area contributed by atoms with Crippen LogP contribution in [0.25, 0.3) is 16.3 Å². The zero-order valence-corrected chi connectivity index (χ0v) is 19.9. The lowest BCUT2D eigenvalue weighted by atomic mass is 10.2. The van der Waals surface area contributed by atoms with Crippen LogP contribution in [0, 0.1) is 0 Å². The Morgan fingerprint density at radius 1 is 1.21 bits per heavy atom. The number of tetrazole rings is 1. The molecular formula is C22H22N6O3S2. The fourth-order valence-corrected chi connectivity index (χ4v) is 4.77. The second-order valence-corrected chi connectivity index (χ2v) is 8.64. The zero-order valence-electron chi connectivity index (χ0n) is 18.3. The lowest BCUT2D eigenvalue weighted by Gasteiger charge is -2.09. The highest BCUT2D eigenvalue weighted by molar-refractivity contribution is 7.98. The summed E-state index contributed by atoms with van der Waals surface area (Å²) in [4.78, 5) is 16.1. The third kappa shape index (κ3) is 5.49. The summed E-state index contributed by atoms with van der Waals surface area (Å²) in [5.74, 6) is 1.87. The second kappa shape index (κ2) is 10.5. The van der Waals surface area contributed by atoms with Crippen LogP contribution in [0.1, 0.15) is 19.5 Å². The number of thioether (sulfide) groups is 1. The van der Waals surface area contributed by atoms with Crippen LogP contribution in [0.5, 0.6) is 11.5 Å². The third-order valence-electron chi connectivity index (χ3n) is 4.46. The first-order valence-electron chi connectivity index (χ1n) is 10.1. The molecule has 9 nitrogen and oxygen atoms in total. The number of ether oxygens (including phenoxy) is 2. The predicted octanol–water partition coefficient (Wildman–Crippen LogP) is 4.44. The van der Waals surface area contributed by atoms with Crippen LogP contribution < -0.4 is 14.8 Å².